The zero-order valence-electron chi connectivity index (χ0n) is 8.63. The van der Waals surface area contributed by atoms with Gasteiger partial charge in [0.1, 0.15) is 0 Å². The van der Waals surface area contributed by atoms with E-state index < -0.39 is 0 Å². The largest absolute Gasteiger partial charge is 0.379 e. The molecule has 0 aliphatic rings. The van der Waals surface area contributed by atoms with E-state index in [9.17, 15) is 0 Å². The number of hydrogen-bond donors (Lipinski definition) is 1. The van der Waals surface area contributed by atoms with E-state index in [-0.39, 0.29) is 0 Å². The summed E-state index contributed by atoms with van der Waals surface area (Å²) >= 11 is 4.15. The third-order valence-corrected chi connectivity index (χ3v) is 2.09. The fraction of sp³-hybridized carbons (Fsp3) is 1.00. The maximum Gasteiger partial charge on any atom is 0.0700 e. The highest BCUT2D eigenvalue weighted by atomic mass is 32.1. The van der Waals surface area contributed by atoms with Crippen LogP contribution in [0.1, 0.15) is 32.6 Å². The van der Waals surface area contributed by atoms with E-state index in [1.165, 1.54) is 25.7 Å². The van der Waals surface area contributed by atoms with Gasteiger partial charge < -0.3 is 9.47 Å². The topological polar surface area (TPSA) is 18.5 Å². The molecular weight excluding hydrogens is 184 g/mol. The molecule has 0 spiro atoms. The molecule has 0 aliphatic heterocycles. The van der Waals surface area contributed by atoms with E-state index in [2.05, 4.69) is 12.6 Å². The molecule has 0 heterocycles. The lowest BCUT2D eigenvalue weighted by Crippen LogP contribution is -2.04. The quantitative estimate of drug-likeness (QED) is 0.437. The summed E-state index contributed by atoms with van der Waals surface area (Å²) < 4.78 is 10.5. The maximum atomic E-state index is 5.37. The molecular formula is C10H22O2S. The van der Waals surface area contributed by atoms with Crippen molar-refractivity contribution in [3.63, 3.8) is 0 Å². The minimum atomic E-state index is 0.729. The van der Waals surface area contributed by atoms with Gasteiger partial charge in [-0.25, -0.2) is 0 Å². The molecule has 0 aromatic carbocycles. The summed E-state index contributed by atoms with van der Waals surface area (Å²) in [7, 11) is 0. The van der Waals surface area contributed by atoms with Crippen LogP contribution in [-0.2, 0) is 9.47 Å². The first-order valence-electron chi connectivity index (χ1n) is 5.18. The van der Waals surface area contributed by atoms with Crippen molar-refractivity contribution in [3.8, 4) is 0 Å². The third kappa shape index (κ3) is 12.3. The van der Waals surface area contributed by atoms with Crippen LogP contribution >= 0.6 is 12.6 Å². The molecule has 0 fully saturated rings. The molecule has 0 aliphatic carbocycles. The van der Waals surface area contributed by atoms with Gasteiger partial charge in [-0.2, -0.15) is 12.6 Å². The lowest BCUT2D eigenvalue weighted by atomic mass is 10.2. The van der Waals surface area contributed by atoms with Gasteiger partial charge in [0.2, 0.25) is 0 Å². The fourth-order valence-corrected chi connectivity index (χ4v) is 1.26. The van der Waals surface area contributed by atoms with Crippen molar-refractivity contribution in [2.45, 2.75) is 32.6 Å². The lowest BCUT2D eigenvalue weighted by Gasteiger charge is -2.03. The van der Waals surface area contributed by atoms with E-state index >= 15 is 0 Å². The van der Waals surface area contributed by atoms with Crippen molar-refractivity contribution >= 4 is 12.6 Å². The van der Waals surface area contributed by atoms with Crippen LogP contribution in [-0.4, -0.2) is 32.2 Å². The van der Waals surface area contributed by atoms with Gasteiger partial charge in [0.15, 0.2) is 0 Å². The fourth-order valence-electron chi connectivity index (χ4n) is 1.03. The number of thiol groups is 1. The van der Waals surface area contributed by atoms with Gasteiger partial charge in [0.05, 0.1) is 13.2 Å². The first-order valence-corrected chi connectivity index (χ1v) is 5.81. The van der Waals surface area contributed by atoms with Crippen LogP contribution in [0.15, 0.2) is 0 Å². The Labute approximate surface area is 87.4 Å². The molecule has 0 saturated carbocycles. The normalized spacial score (nSPS) is 10.6. The average Bonchev–Trinajstić information content (AvgIpc) is 2.16. The summed E-state index contributed by atoms with van der Waals surface area (Å²) in [5.74, 6) is 1.01. The van der Waals surface area contributed by atoms with Crippen LogP contribution < -0.4 is 0 Å². The summed E-state index contributed by atoms with van der Waals surface area (Å²) in [5, 5.41) is 0. The SMILES string of the molecule is CCOCCOCCCCCCS. The van der Waals surface area contributed by atoms with Gasteiger partial charge in [-0.1, -0.05) is 12.8 Å². The number of unbranched alkanes of at least 4 members (excludes halogenated alkanes) is 3. The first kappa shape index (κ1) is 13.3. The lowest BCUT2D eigenvalue weighted by molar-refractivity contribution is 0.0513. The first-order chi connectivity index (χ1) is 6.41. The van der Waals surface area contributed by atoms with Crippen molar-refractivity contribution in [1.82, 2.24) is 0 Å². The number of hydrogen-bond acceptors (Lipinski definition) is 3. The second kappa shape index (κ2) is 12.3. The van der Waals surface area contributed by atoms with E-state index in [1.54, 1.807) is 0 Å². The Morgan fingerprint density at radius 2 is 1.54 bits per heavy atom. The average molecular weight is 206 g/mol. The monoisotopic (exact) mass is 206 g/mol. The number of rotatable bonds is 10. The van der Waals surface area contributed by atoms with Crippen LogP contribution in [0.4, 0.5) is 0 Å². The number of ether oxygens (including phenoxy) is 2. The Balaban J connectivity index is 2.76. The minimum absolute atomic E-state index is 0.729. The predicted molar refractivity (Wildman–Crippen MR) is 59.6 cm³/mol. The Kier molecular flexibility index (Phi) is 12.5. The van der Waals surface area contributed by atoms with Gasteiger partial charge >= 0.3 is 0 Å². The summed E-state index contributed by atoms with van der Waals surface area (Å²) in [6.07, 6.45) is 4.93. The second-order valence-corrected chi connectivity index (χ2v) is 3.39. The predicted octanol–water partition coefficient (Wildman–Crippen LogP) is 2.53. The van der Waals surface area contributed by atoms with Crippen LogP contribution in [0.5, 0.6) is 0 Å². The summed E-state index contributed by atoms with van der Waals surface area (Å²) in [6, 6.07) is 0. The highest BCUT2D eigenvalue weighted by molar-refractivity contribution is 7.80. The Hall–Kier alpha value is 0.270. The molecule has 0 amide bonds. The van der Waals surface area contributed by atoms with Crippen molar-refractivity contribution in [2.24, 2.45) is 0 Å². The summed E-state index contributed by atoms with van der Waals surface area (Å²) in [4.78, 5) is 0. The van der Waals surface area contributed by atoms with Crippen LogP contribution in [0.2, 0.25) is 0 Å². The molecule has 0 bridgehead atoms. The molecule has 0 aromatic heterocycles. The Morgan fingerprint density at radius 1 is 0.846 bits per heavy atom. The molecule has 0 radical (unpaired) electrons. The van der Waals surface area contributed by atoms with Crippen LogP contribution in [0.3, 0.4) is 0 Å². The zero-order valence-corrected chi connectivity index (χ0v) is 9.52. The molecule has 2 nitrogen and oxygen atoms in total. The Bertz CT molecular complexity index is 79.0. The van der Waals surface area contributed by atoms with Gasteiger partial charge in [0.25, 0.3) is 0 Å². The van der Waals surface area contributed by atoms with E-state index in [0.717, 1.165) is 32.2 Å². The van der Waals surface area contributed by atoms with Crippen molar-refractivity contribution in [3.05, 3.63) is 0 Å². The highest BCUT2D eigenvalue weighted by Crippen LogP contribution is 2.00. The smallest absolute Gasteiger partial charge is 0.0700 e. The molecule has 0 saturated heterocycles. The summed E-state index contributed by atoms with van der Waals surface area (Å²) in [6.45, 7) is 5.12. The van der Waals surface area contributed by atoms with Crippen molar-refractivity contribution < 1.29 is 9.47 Å². The Morgan fingerprint density at radius 3 is 2.23 bits per heavy atom. The zero-order chi connectivity index (χ0) is 9.78. The third-order valence-electron chi connectivity index (χ3n) is 1.77. The van der Waals surface area contributed by atoms with Crippen molar-refractivity contribution in [2.75, 3.05) is 32.2 Å². The molecule has 0 atom stereocenters. The van der Waals surface area contributed by atoms with E-state index in [1.807, 2.05) is 6.92 Å². The van der Waals surface area contributed by atoms with Crippen LogP contribution in [0, 0.1) is 0 Å². The molecule has 3 heteroatoms. The molecule has 0 rings (SSSR count). The maximum absolute atomic E-state index is 5.37. The van der Waals surface area contributed by atoms with Gasteiger partial charge in [-0.15, -0.1) is 0 Å². The second-order valence-electron chi connectivity index (χ2n) is 2.95. The van der Waals surface area contributed by atoms with Crippen molar-refractivity contribution in [1.29, 1.82) is 0 Å². The molecule has 0 aromatic rings. The molecule has 0 unspecified atom stereocenters. The molecule has 80 valence electrons. The highest BCUT2D eigenvalue weighted by Gasteiger charge is 1.90. The van der Waals surface area contributed by atoms with Gasteiger partial charge in [0, 0.05) is 13.2 Å². The summed E-state index contributed by atoms with van der Waals surface area (Å²) in [5.41, 5.74) is 0. The van der Waals surface area contributed by atoms with Gasteiger partial charge in [-0.05, 0) is 25.5 Å². The molecule has 0 N–H and O–H groups in total. The molecule has 13 heavy (non-hydrogen) atoms. The van der Waals surface area contributed by atoms with Crippen LogP contribution in [0.25, 0.3) is 0 Å². The van der Waals surface area contributed by atoms with Gasteiger partial charge in [-0.3, -0.25) is 0 Å². The minimum Gasteiger partial charge on any atom is -0.379 e. The standard InChI is InChI=1S/C10H22O2S/c1-2-11-8-9-12-7-5-3-4-6-10-13/h13H,2-10H2,1H3. The van der Waals surface area contributed by atoms with E-state index in [4.69, 9.17) is 9.47 Å². The van der Waals surface area contributed by atoms with E-state index in [0.29, 0.717) is 0 Å².